The lowest BCUT2D eigenvalue weighted by Crippen LogP contribution is -2.24. The van der Waals surface area contributed by atoms with Gasteiger partial charge in [0.1, 0.15) is 22.5 Å². The van der Waals surface area contributed by atoms with Gasteiger partial charge in [-0.25, -0.2) is 0 Å². The Balaban J connectivity index is 2.21. The summed E-state index contributed by atoms with van der Waals surface area (Å²) in [5, 5.41) is 30.9. The molecule has 7 heteroatoms. The Morgan fingerprint density at radius 3 is 2.32 bits per heavy atom. The molecule has 1 heterocycles. The summed E-state index contributed by atoms with van der Waals surface area (Å²) in [4.78, 5) is 26.2. The van der Waals surface area contributed by atoms with E-state index in [9.17, 15) is 24.9 Å². The normalized spacial score (nSPS) is 10.8. The number of carbonyl (C=O) groups excluding carboxylic acids is 1. The van der Waals surface area contributed by atoms with E-state index >= 15 is 0 Å². The standard InChI is InChI=1S/C24H25NO6/c1-5-19(28)25(4)15-9-7-14(8-10-15)23-22(30)21(29)20-18(27)12-17(26)16(24(20)31-23)11-6-13(2)3/h6-10,12,26-27,30H,5,11H2,1-4H3. The molecule has 1 amide bonds. The molecular weight excluding hydrogens is 398 g/mol. The van der Waals surface area contributed by atoms with Gasteiger partial charge in [0.2, 0.25) is 17.1 Å². The number of fused-ring (bicyclic) bond motifs is 1. The predicted molar refractivity (Wildman–Crippen MR) is 120 cm³/mol. The van der Waals surface area contributed by atoms with E-state index in [1.54, 1.807) is 38.2 Å². The van der Waals surface area contributed by atoms with Crippen LogP contribution in [0.25, 0.3) is 22.3 Å². The molecule has 3 aromatic rings. The average Bonchev–Trinajstić information content (AvgIpc) is 2.74. The maximum atomic E-state index is 12.8. The minimum Gasteiger partial charge on any atom is -0.507 e. The van der Waals surface area contributed by atoms with Crippen LogP contribution in [-0.4, -0.2) is 28.3 Å². The van der Waals surface area contributed by atoms with Crippen molar-refractivity contribution in [2.75, 3.05) is 11.9 Å². The average molecular weight is 423 g/mol. The topological polar surface area (TPSA) is 111 Å². The first-order valence-corrected chi connectivity index (χ1v) is 9.89. The SMILES string of the molecule is CCC(=O)N(C)c1ccc(-c2oc3c(CC=C(C)C)c(O)cc(O)c3c(=O)c2O)cc1. The van der Waals surface area contributed by atoms with Gasteiger partial charge < -0.3 is 24.6 Å². The highest BCUT2D eigenvalue weighted by atomic mass is 16.4. The van der Waals surface area contributed by atoms with Gasteiger partial charge >= 0.3 is 0 Å². The third-order valence-electron chi connectivity index (χ3n) is 5.11. The summed E-state index contributed by atoms with van der Waals surface area (Å²) < 4.78 is 5.87. The number of hydrogen-bond acceptors (Lipinski definition) is 6. The lowest BCUT2D eigenvalue weighted by molar-refractivity contribution is -0.118. The molecule has 31 heavy (non-hydrogen) atoms. The molecule has 0 aliphatic rings. The van der Waals surface area contributed by atoms with Crippen LogP contribution in [-0.2, 0) is 11.2 Å². The molecule has 7 nitrogen and oxygen atoms in total. The van der Waals surface area contributed by atoms with Crippen LogP contribution in [0, 0.1) is 0 Å². The highest BCUT2D eigenvalue weighted by Gasteiger charge is 2.22. The number of phenols is 2. The Kier molecular flexibility index (Phi) is 6.06. The molecule has 3 N–H and O–H groups in total. The molecule has 0 unspecified atom stereocenters. The zero-order valence-electron chi connectivity index (χ0n) is 17.9. The Morgan fingerprint density at radius 1 is 1.10 bits per heavy atom. The number of hydrogen-bond donors (Lipinski definition) is 3. The molecular formula is C24H25NO6. The minimum atomic E-state index is -0.797. The van der Waals surface area contributed by atoms with Gasteiger partial charge in [-0.3, -0.25) is 9.59 Å². The zero-order chi connectivity index (χ0) is 22.9. The van der Waals surface area contributed by atoms with Gasteiger partial charge in [-0.2, -0.15) is 0 Å². The van der Waals surface area contributed by atoms with E-state index in [0.29, 0.717) is 23.2 Å². The molecule has 0 spiro atoms. The van der Waals surface area contributed by atoms with Crippen molar-refractivity contribution in [3.8, 4) is 28.6 Å². The zero-order valence-corrected chi connectivity index (χ0v) is 17.9. The lowest BCUT2D eigenvalue weighted by Gasteiger charge is -2.17. The van der Waals surface area contributed by atoms with Crippen molar-refractivity contribution in [1.82, 2.24) is 0 Å². The molecule has 0 saturated heterocycles. The summed E-state index contributed by atoms with van der Waals surface area (Å²) in [7, 11) is 1.66. The van der Waals surface area contributed by atoms with E-state index in [0.717, 1.165) is 11.6 Å². The maximum absolute atomic E-state index is 12.8. The molecule has 3 rings (SSSR count). The fourth-order valence-electron chi connectivity index (χ4n) is 3.29. The molecule has 0 bridgehead atoms. The van der Waals surface area contributed by atoms with Crippen molar-refractivity contribution in [2.45, 2.75) is 33.6 Å². The van der Waals surface area contributed by atoms with E-state index in [-0.39, 0.29) is 34.8 Å². The van der Waals surface area contributed by atoms with Gasteiger partial charge in [0.05, 0.1) is 0 Å². The first-order valence-electron chi connectivity index (χ1n) is 9.89. The van der Waals surface area contributed by atoms with Crippen LogP contribution in [0.15, 0.2) is 51.2 Å². The summed E-state index contributed by atoms with van der Waals surface area (Å²) in [5.41, 5.74) is 1.61. The molecule has 0 aliphatic heterocycles. The van der Waals surface area contributed by atoms with Gasteiger partial charge in [-0.1, -0.05) is 18.6 Å². The van der Waals surface area contributed by atoms with Crippen LogP contribution >= 0.6 is 0 Å². The van der Waals surface area contributed by atoms with E-state index in [1.165, 1.54) is 4.90 Å². The smallest absolute Gasteiger partial charge is 0.238 e. The predicted octanol–water partition coefficient (Wildman–Crippen LogP) is 4.46. The van der Waals surface area contributed by atoms with Crippen molar-refractivity contribution >= 4 is 22.6 Å². The summed E-state index contributed by atoms with van der Waals surface area (Å²) in [6.45, 7) is 5.57. The molecule has 0 atom stereocenters. The summed E-state index contributed by atoms with van der Waals surface area (Å²) in [6, 6.07) is 7.67. The quantitative estimate of drug-likeness (QED) is 0.523. The van der Waals surface area contributed by atoms with Crippen molar-refractivity contribution in [3.63, 3.8) is 0 Å². The van der Waals surface area contributed by atoms with Gasteiger partial charge in [0, 0.05) is 36.3 Å². The number of rotatable bonds is 5. The number of phenolic OH excluding ortho intramolecular Hbond substituents is 2. The Hall–Kier alpha value is -3.74. The number of amides is 1. The number of allylic oxidation sites excluding steroid dienone is 2. The van der Waals surface area contributed by atoms with Crippen LogP contribution in [0.2, 0.25) is 0 Å². The molecule has 162 valence electrons. The van der Waals surface area contributed by atoms with Crippen LogP contribution in [0.5, 0.6) is 17.2 Å². The van der Waals surface area contributed by atoms with Crippen LogP contribution in [0.1, 0.15) is 32.8 Å². The molecule has 0 radical (unpaired) electrons. The Bertz CT molecular complexity index is 1230. The first kappa shape index (κ1) is 22.0. The van der Waals surface area contributed by atoms with Crippen LogP contribution in [0.3, 0.4) is 0 Å². The number of anilines is 1. The second-order valence-electron chi connectivity index (χ2n) is 7.55. The first-order chi connectivity index (χ1) is 14.6. The molecule has 2 aromatic carbocycles. The third-order valence-corrected chi connectivity index (χ3v) is 5.11. The number of nitrogens with zero attached hydrogens (tertiary/aromatic N) is 1. The van der Waals surface area contributed by atoms with E-state index in [4.69, 9.17) is 4.42 Å². The summed E-state index contributed by atoms with van der Waals surface area (Å²) >= 11 is 0. The second-order valence-corrected chi connectivity index (χ2v) is 7.55. The summed E-state index contributed by atoms with van der Waals surface area (Å²) in [6.07, 6.45) is 2.49. The van der Waals surface area contributed by atoms with E-state index in [1.807, 2.05) is 19.9 Å². The van der Waals surface area contributed by atoms with Crippen molar-refractivity contribution in [1.29, 1.82) is 0 Å². The van der Waals surface area contributed by atoms with Crippen LogP contribution < -0.4 is 10.3 Å². The molecule has 0 aliphatic carbocycles. The highest BCUT2D eigenvalue weighted by molar-refractivity contribution is 5.93. The minimum absolute atomic E-state index is 0.00940. The fourth-order valence-corrected chi connectivity index (χ4v) is 3.29. The maximum Gasteiger partial charge on any atom is 0.238 e. The van der Waals surface area contributed by atoms with Crippen molar-refractivity contribution in [3.05, 3.63) is 57.8 Å². The van der Waals surface area contributed by atoms with E-state index < -0.39 is 16.9 Å². The van der Waals surface area contributed by atoms with Gasteiger partial charge in [0.15, 0.2) is 5.76 Å². The Morgan fingerprint density at radius 2 is 1.74 bits per heavy atom. The van der Waals surface area contributed by atoms with Gasteiger partial charge in [0.25, 0.3) is 0 Å². The van der Waals surface area contributed by atoms with Gasteiger partial charge in [-0.15, -0.1) is 0 Å². The van der Waals surface area contributed by atoms with Crippen LogP contribution in [0.4, 0.5) is 5.69 Å². The number of benzene rings is 2. The van der Waals surface area contributed by atoms with Crippen molar-refractivity contribution < 1.29 is 24.5 Å². The largest absolute Gasteiger partial charge is 0.507 e. The fraction of sp³-hybridized carbons (Fsp3) is 0.250. The Labute approximate surface area is 179 Å². The highest BCUT2D eigenvalue weighted by Crippen LogP contribution is 2.38. The van der Waals surface area contributed by atoms with E-state index in [2.05, 4.69) is 0 Å². The molecule has 1 aromatic heterocycles. The number of aromatic hydroxyl groups is 3. The van der Waals surface area contributed by atoms with Crippen molar-refractivity contribution in [2.24, 2.45) is 0 Å². The third kappa shape index (κ3) is 4.12. The number of carbonyl (C=O) groups is 1. The monoisotopic (exact) mass is 423 g/mol. The molecule has 0 fully saturated rings. The van der Waals surface area contributed by atoms with Gasteiger partial charge in [-0.05, 0) is 44.5 Å². The lowest BCUT2D eigenvalue weighted by atomic mass is 10.0. The summed E-state index contributed by atoms with van der Waals surface area (Å²) in [5.74, 6) is -1.47. The second kappa shape index (κ2) is 8.55. The molecule has 0 saturated carbocycles.